The van der Waals surface area contributed by atoms with Gasteiger partial charge in [0.1, 0.15) is 5.76 Å². The molecule has 0 aliphatic carbocycles. The molecule has 0 unspecified atom stereocenters. The molecule has 43 heavy (non-hydrogen) atoms. The van der Waals surface area contributed by atoms with Crippen molar-refractivity contribution in [1.29, 1.82) is 0 Å². The number of rotatable bonds is 8. The molecule has 6 nitrogen and oxygen atoms in total. The zero-order chi connectivity index (χ0) is 30.5. The van der Waals surface area contributed by atoms with Gasteiger partial charge in [-0.15, -0.1) is 0 Å². The summed E-state index contributed by atoms with van der Waals surface area (Å²) in [6.07, 6.45) is 7.40. The van der Waals surface area contributed by atoms with Gasteiger partial charge in [-0.3, -0.25) is 9.59 Å². The van der Waals surface area contributed by atoms with E-state index in [-0.39, 0.29) is 11.8 Å². The zero-order valence-corrected chi connectivity index (χ0v) is 25.8. The van der Waals surface area contributed by atoms with Gasteiger partial charge in [0.2, 0.25) is 0 Å². The van der Waals surface area contributed by atoms with Crippen molar-refractivity contribution in [2.75, 3.05) is 18.9 Å². The molecule has 0 atom stereocenters. The van der Waals surface area contributed by atoms with Crippen LogP contribution < -0.4 is 5.32 Å². The summed E-state index contributed by atoms with van der Waals surface area (Å²) in [4.78, 5) is 33.4. The molecule has 0 saturated carbocycles. The lowest BCUT2D eigenvalue weighted by atomic mass is 9.99. The number of aryl methyl sites for hydroxylation is 2. The number of fused-ring (bicyclic) bond motifs is 1. The Bertz CT molecular complexity index is 1740. The number of ether oxygens (including phenoxy) is 1. The van der Waals surface area contributed by atoms with E-state index in [0.29, 0.717) is 34.1 Å². The fraction of sp³-hybridized carbons (Fsp3) is 0.250. The number of halogens is 1. The molecule has 220 valence electrons. The van der Waals surface area contributed by atoms with Crippen LogP contribution in [-0.4, -0.2) is 35.3 Å². The van der Waals surface area contributed by atoms with Crippen LogP contribution in [0.25, 0.3) is 22.2 Å². The topological polar surface area (TPSA) is 71.5 Å². The minimum absolute atomic E-state index is 0.0688. The Morgan fingerprint density at radius 1 is 1.02 bits per heavy atom. The van der Waals surface area contributed by atoms with Gasteiger partial charge in [0.05, 0.1) is 23.0 Å². The van der Waals surface area contributed by atoms with Gasteiger partial charge in [0.25, 0.3) is 11.8 Å². The zero-order valence-electron chi connectivity index (χ0n) is 25.0. The van der Waals surface area contributed by atoms with Crippen molar-refractivity contribution < 1.29 is 14.3 Å². The summed E-state index contributed by atoms with van der Waals surface area (Å²) < 4.78 is 5.74. The first-order valence-electron chi connectivity index (χ1n) is 14.6. The summed E-state index contributed by atoms with van der Waals surface area (Å²) in [6, 6.07) is 20.3. The fourth-order valence-corrected chi connectivity index (χ4v) is 5.61. The van der Waals surface area contributed by atoms with Gasteiger partial charge in [-0.1, -0.05) is 41.4 Å². The van der Waals surface area contributed by atoms with Gasteiger partial charge in [-0.05, 0) is 99.7 Å². The molecule has 0 spiro atoms. The van der Waals surface area contributed by atoms with Gasteiger partial charge < -0.3 is 15.0 Å². The fourth-order valence-electron chi connectivity index (χ4n) is 5.38. The molecule has 7 heteroatoms. The average molecular weight is 594 g/mol. The first-order valence-corrected chi connectivity index (χ1v) is 14.9. The summed E-state index contributed by atoms with van der Waals surface area (Å²) in [7, 11) is 1.81. The standard InChI is InChI=1S/C36H36ClN3O3/c1-23-20-25(3)34-29(21-23)30(22-32(39-34)28-11-5-6-12-31(28)37)35(41)38-27-16-14-26(15-17-27)36(42)40(4)18-9-13-33-24(2)10-7-8-19-43-33/h5-6,8,11-12,14-17,19-22H,7,9-10,13,18H2,1-4H3,(H,38,41). The van der Waals surface area contributed by atoms with E-state index in [9.17, 15) is 9.59 Å². The lowest BCUT2D eigenvalue weighted by Crippen LogP contribution is -2.27. The van der Waals surface area contributed by atoms with Crippen LogP contribution in [0.5, 0.6) is 0 Å². The highest BCUT2D eigenvalue weighted by Gasteiger charge is 2.18. The van der Waals surface area contributed by atoms with Crippen molar-refractivity contribution in [3.63, 3.8) is 0 Å². The van der Waals surface area contributed by atoms with Crippen molar-refractivity contribution in [2.24, 2.45) is 0 Å². The number of carbonyl (C=O) groups is 2. The van der Waals surface area contributed by atoms with Gasteiger partial charge in [-0.25, -0.2) is 4.98 Å². The second-order valence-corrected chi connectivity index (χ2v) is 11.5. The molecule has 5 rings (SSSR count). The van der Waals surface area contributed by atoms with E-state index < -0.39 is 0 Å². The maximum atomic E-state index is 13.7. The van der Waals surface area contributed by atoms with E-state index in [1.165, 1.54) is 5.57 Å². The van der Waals surface area contributed by atoms with E-state index in [4.69, 9.17) is 21.3 Å². The third-order valence-electron chi connectivity index (χ3n) is 7.75. The second kappa shape index (κ2) is 13.3. The Labute approximate surface area is 258 Å². The number of amides is 2. The molecule has 1 aliphatic rings. The molecule has 0 saturated heterocycles. The van der Waals surface area contributed by atoms with Crippen LogP contribution in [0.15, 0.2) is 90.4 Å². The molecule has 1 N–H and O–H groups in total. The first kappa shape index (κ1) is 30.1. The molecular formula is C36H36ClN3O3. The number of pyridine rings is 1. The van der Waals surface area contributed by atoms with Crippen LogP contribution >= 0.6 is 11.6 Å². The highest BCUT2D eigenvalue weighted by atomic mass is 35.5. The Kier molecular flexibility index (Phi) is 9.27. The molecule has 0 radical (unpaired) electrons. The Morgan fingerprint density at radius 2 is 1.79 bits per heavy atom. The predicted octanol–water partition coefficient (Wildman–Crippen LogP) is 8.87. The number of anilines is 1. The van der Waals surface area contributed by atoms with Gasteiger partial charge in [0.15, 0.2) is 0 Å². The summed E-state index contributed by atoms with van der Waals surface area (Å²) >= 11 is 6.49. The molecule has 0 fully saturated rings. The summed E-state index contributed by atoms with van der Waals surface area (Å²) in [6.45, 7) is 6.72. The van der Waals surface area contributed by atoms with Crippen LogP contribution in [0.4, 0.5) is 5.69 Å². The van der Waals surface area contributed by atoms with E-state index in [2.05, 4.69) is 18.3 Å². The van der Waals surface area contributed by atoms with E-state index in [1.807, 2.05) is 57.3 Å². The third kappa shape index (κ3) is 6.98. The minimum Gasteiger partial charge on any atom is -0.470 e. The lowest BCUT2D eigenvalue weighted by Gasteiger charge is -2.18. The van der Waals surface area contributed by atoms with Crippen molar-refractivity contribution in [1.82, 2.24) is 9.88 Å². The molecule has 2 amide bonds. The number of hydrogen-bond acceptors (Lipinski definition) is 4. The monoisotopic (exact) mass is 593 g/mol. The molecule has 3 aromatic carbocycles. The van der Waals surface area contributed by atoms with Crippen molar-refractivity contribution >= 4 is 40.0 Å². The SMILES string of the molecule is CC1=C(CCCN(C)C(=O)c2ccc(NC(=O)c3cc(-c4ccccc4Cl)nc4c(C)cc(C)cc34)cc2)OC=CCC1. The Hall–Kier alpha value is -4.42. The average Bonchev–Trinajstić information content (AvgIpc) is 3.20. The normalized spacial score (nSPS) is 13.0. The smallest absolute Gasteiger partial charge is 0.256 e. The number of allylic oxidation sites excluding steroid dienone is 3. The quantitative estimate of drug-likeness (QED) is 0.221. The van der Waals surface area contributed by atoms with E-state index in [0.717, 1.165) is 59.0 Å². The largest absolute Gasteiger partial charge is 0.470 e. The summed E-state index contributed by atoms with van der Waals surface area (Å²) in [5, 5.41) is 4.35. The third-order valence-corrected chi connectivity index (χ3v) is 8.07. The Morgan fingerprint density at radius 3 is 2.56 bits per heavy atom. The van der Waals surface area contributed by atoms with E-state index in [1.54, 1.807) is 41.5 Å². The summed E-state index contributed by atoms with van der Waals surface area (Å²) in [5.74, 6) is 0.670. The van der Waals surface area contributed by atoms with Gasteiger partial charge >= 0.3 is 0 Å². The van der Waals surface area contributed by atoms with Crippen LogP contribution in [0, 0.1) is 13.8 Å². The summed E-state index contributed by atoms with van der Waals surface area (Å²) in [5.41, 5.74) is 7.10. The van der Waals surface area contributed by atoms with Crippen LogP contribution in [-0.2, 0) is 4.74 Å². The lowest BCUT2D eigenvalue weighted by molar-refractivity contribution is 0.0792. The predicted molar refractivity (Wildman–Crippen MR) is 174 cm³/mol. The van der Waals surface area contributed by atoms with E-state index >= 15 is 0 Å². The highest BCUT2D eigenvalue weighted by Crippen LogP contribution is 2.32. The molecule has 2 heterocycles. The number of carbonyl (C=O) groups excluding carboxylic acids is 2. The highest BCUT2D eigenvalue weighted by molar-refractivity contribution is 6.33. The first-order chi connectivity index (χ1) is 20.7. The number of nitrogens with zero attached hydrogens (tertiary/aromatic N) is 2. The van der Waals surface area contributed by atoms with Crippen LogP contribution in [0.1, 0.15) is 64.4 Å². The van der Waals surface area contributed by atoms with Crippen molar-refractivity contribution in [3.05, 3.63) is 118 Å². The minimum atomic E-state index is -0.262. The number of nitrogens with one attached hydrogen (secondary N) is 1. The molecular weight excluding hydrogens is 558 g/mol. The number of hydrogen-bond donors (Lipinski definition) is 1. The van der Waals surface area contributed by atoms with Gasteiger partial charge in [0, 0.05) is 47.2 Å². The van der Waals surface area contributed by atoms with Gasteiger partial charge in [-0.2, -0.15) is 0 Å². The molecule has 4 aromatic rings. The van der Waals surface area contributed by atoms with Crippen LogP contribution in [0.2, 0.25) is 5.02 Å². The second-order valence-electron chi connectivity index (χ2n) is 11.1. The van der Waals surface area contributed by atoms with Crippen molar-refractivity contribution in [3.8, 4) is 11.3 Å². The number of benzene rings is 3. The number of aromatic nitrogens is 1. The Balaban J connectivity index is 1.31. The molecule has 0 bridgehead atoms. The molecule has 1 aliphatic heterocycles. The molecule has 1 aromatic heterocycles. The van der Waals surface area contributed by atoms with Crippen LogP contribution in [0.3, 0.4) is 0 Å². The maximum absolute atomic E-state index is 13.7. The maximum Gasteiger partial charge on any atom is 0.256 e. The van der Waals surface area contributed by atoms with Crippen molar-refractivity contribution in [2.45, 2.75) is 46.5 Å².